The fourth-order valence-electron chi connectivity index (χ4n) is 1.73. The van der Waals surface area contributed by atoms with Crippen molar-refractivity contribution in [2.24, 2.45) is 0 Å². The number of nitro benzene ring substituents is 1. The topological polar surface area (TPSA) is 52.4 Å². The van der Waals surface area contributed by atoms with Gasteiger partial charge >= 0.3 is 0 Å². The molecule has 0 saturated carbocycles. The van der Waals surface area contributed by atoms with Crippen LogP contribution in [0, 0.1) is 17.0 Å². The highest BCUT2D eigenvalue weighted by molar-refractivity contribution is 9.08. The summed E-state index contributed by atoms with van der Waals surface area (Å²) < 4.78 is 5.69. The van der Waals surface area contributed by atoms with Crippen molar-refractivity contribution < 1.29 is 9.66 Å². The van der Waals surface area contributed by atoms with Crippen molar-refractivity contribution in [3.05, 3.63) is 62.7 Å². The summed E-state index contributed by atoms with van der Waals surface area (Å²) in [5.74, 6) is 1.04. The molecule has 20 heavy (non-hydrogen) atoms. The molecule has 2 rings (SSSR count). The summed E-state index contributed by atoms with van der Waals surface area (Å²) in [6.45, 7) is 1.93. The molecule has 0 atom stereocenters. The lowest BCUT2D eigenvalue weighted by Gasteiger charge is -2.09. The fraction of sp³-hybridized carbons (Fsp3) is 0.143. The molecule has 0 saturated heterocycles. The quantitative estimate of drug-likeness (QED) is 0.427. The normalized spacial score (nSPS) is 10.3. The van der Waals surface area contributed by atoms with Crippen LogP contribution in [-0.4, -0.2) is 4.92 Å². The number of aryl methyl sites for hydroxylation is 1. The summed E-state index contributed by atoms with van der Waals surface area (Å²) in [5.41, 5.74) is 1.63. The Kier molecular flexibility index (Phi) is 4.62. The maximum Gasteiger partial charge on any atom is 0.273 e. The first-order valence-electron chi connectivity index (χ1n) is 5.78. The zero-order valence-corrected chi connectivity index (χ0v) is 12.9. The van der Waals surface area contributed by atoms with Gasteiger partial charge < -0.3 is 4.74 Å². The number of rotatable bonds is 4. The van der Waals surface area contributed by atoms with Gasteiger partial charge in [0, 0.05) is 17.0 Å². The zero-order valence-electron chi connectivity index (χ0n) is 10.6. The lowest BCUT2D eigenvalue weighted by Crippen LogP contribution is -1.94. The van der Waals surface area contributed by atoms with Crippen molar-refractivity contribution in [2.45, 2.75) is 12.3 Å². The van der Waals surface area contributed by atoms with Gasteiger partial charge in [0.25, 0.3) is 5.69 Å². The van der Waals surface area contributed by atoms with E-state index in [9.17, 15) is 10.1 Å². The lowest BCUT2D eigenvalue weighted by molar-refractivity contribution is -0.385. The first kappa shape index (κ1) is 14.8. The average Bonchev–Trinajstić information content (AvgIpc) is 2.42. The minimum atomic E-state index is -0.417. The summed E-state index contributed by atoms with van der Waals surface area (Å²) in [6, 6.07) is 10.1. The van der Waals surface area contributed by atoms with Crippen LogP contribution in [0.25, 0.3) is 0 Å². The van der Waals surface area contributed by atoms with Crippen LogP contribution in [0.2, 0.25) is 5.02 Å². The number of alkyl halides is 1. The van der Waals surface area contributed by atoms with Gasteiger partial charge in [-0.15, -0.1) is 0 Å². The smallest absolute Gasteiger partial charge is 0.273 e. The number of hydrogen-bond donors (Lipinski definition) is 0. The maximum absolute atomic E-state index is 10.9. The van der Waals surface area contributed by atoms with E-state index in [2.05, 4.69) is 15.9 Å². The third-order valence-electron chi connectivity index (χ3n) is 2.71. The lowest BCUT2D eigenvalue weighted by atomic mass is 10.2. The first-order chi connectivity index (χ1) is 9.51. The van der Waals surface area contributed by atoms with Crippen molar-refractivity contribution in [1.82, 2.24) is 0 Å². The van der Waals surface area contributed by atoms with Gasteiger partial charge in [-0.2, -0.15) is 0 Å². The van der Waals surface area contributed by atoms with Gasteiger partial charge in [-0.25, -0.2) is 0 Å². The molecule has 0 radical (unpaired) electrons. The molecule has 0 aromatic heterocycles. The predicted octanol–water partition coefficient (Wildman–Crippen LogP) is 5.24. The number of benzene rings is 2. The molecule has 0 aliphatic carbocycles. The molecule has 0 fully saturated rings. The summed E-state index contributed by atoms with van der Waals surface area (Å²) in [4.78, 5) is 10.5. The second-order valence-electron chi connectivity index (χ2n) is 4.22. The molecule has 2 aromatic carbocycles. The number of nitrogens with zero attached hydrogens (tertiary/aromatic N) is 1. The van der Waals surface area contributed by atoms with E-state index < -0.39 is 4.92 Å². The second-order valence-corrected chi connectivity index (χ2v) is 5.19. The predicted molar refractivity (Wildman–Crippen MR) is 82.0 cm³/mol. The Morgan fingerprint density at radius 3 is 2.70 bits per heavy atom. The van der Waals surface area contributed by atoms with Gasteiger partial charge in [0.2, 0.25) is 0 Å². The molecule has 0 N–H and O–H groups in total. The van der Waals surface area contributed by atoms with E-state index in [1.54, 1.807) is 18.2 Å². The molecule has 0 aliphatic rings. The highest BCUT2D eigenvalue weighted by Gasteiger charge is 2.14. The Morgan fingerprint density at radius 1 is 1.30 bits per heavy atom. The molecule has 0 amide bonds. The Bertz CT molecular complexity index is 661. The van der Waals surface area contributed by atoms with Crippen LogP contribution < -0.4 is 4.74 Å². The number of ether oxygens (including phenoxy) is 1. The van der Waals surface area contributed by atoms with Crippen molar-refractivity contribution in [3.8, 4) is 11.5 Å². The Morgan fingerprint density at radius 2 is 2.05 bits per heavy atom. The van der Waals surface area contributed by atoms with E-state index in [0.717, 1.165) is 5.56 Å². The average molecular weight is 357 g/mol. The van der Waals surface area contributed by atoms with Gasteiger partial charge in [-0.1, -0.05) is 33.6 Å². The molecule has 6 heteroatoms. The van der Waals surface area contributed by atoms with E-state index >= 15 is 0 Å². The van der Waals surface area contributed by atoms with Gasteiger partial charge in [-0.05, 0) is 36.8 Å². The molecule has 0 spiro atoms. The molecule has 2 aromatic rings. The van der Waals surface area contributed by atoms with Gasteiger partial charge in [0.05, 0.1) is 9.95 Å². The van der Waals surface area contributed by atoms with Crippen LogP contribution in [0.1, 0.15) is 11.1 Å². The largest absolute Gasteiger partial charge is 0.456 e. The molecule has 0 unspecified atom stereocenters. The first-order valence-corrected chi connectivity index (χ1v) is 7.28. The third-order valence-corrected chi connectivity index (χ3v) is 3.62. The number of nitro groups is 1. The van der Waals surface area contributed by atoms with Crippen LogP contribution in [0.4, 0.5) is 5.69 Å². The molecule has 104 valence electrons. The molecule has 0 heterocycles. The van der Waals surface area contributed by atoms with Crippen molar-refractivity contribution in [3.63, 3.8) is 0 Å². The van der Waals surface area contributed by atoms with E-state index in [4.69, 9.17) is 16.3 Å². The maximum atomic E-state index is 10.9. The summed E-state index contributed by atoms with van der Waals surface area (Å²) in [5, 5.41) is 11.7. The van der Waals surface area contributed by atoms with E-state index in [0.29, 0.717) is 27.4 Å². The summed E-state index contributed by atoms with van der Waals surface area (Å²) in [7, 11) is 0. The third kappa shape index (κ3) is 3.29. The number of hydrogen-bond acceptors (Lipinski definition) is 3. The molecule has 4 nitrogen and oxygen atoms in total. The van der Waals surface area contributed by atoms with Crippen LogP contribution in [0.3, 0.4) is 0 Å². The summed E-state index contributed by atoms with van der Waals surface area (Å²) >= 11 is 9.30. The minimum absolute atomic E-state index is 0.0598. The highest BCUT2D eigenvalue weighted by Crippen LogP contribution is 2.33. The fourth-order valence-corrected chi connectivity index (χ4v) is 2.33. The van der Waals surface area contributed by atoms with E-state index in [1.165, 1.54) is 6.07 Å². The Hall–Kier alpha value is -1.59. The van der Waals surface area contributed by atoms with E-state index in [-0.39, 0.29) is 5.69 Å². The van der Waals surface area contributed by atoms with Crippen LogP contribution in [-0.2, 0) is 5.33 Å². The standard InChI is InChI=1S/C14H11BrClNO3/c1-9-2-4-12(16)14(6-9)20-11-3-5-13(17(18)19)10(7-11)8-15/h2-7H,8H2,1H3. The molecule has 0 aliphatic heterocycles. The Labute approximate surface area is 129 Å². The minimum Gasteiger partial charge on any atom is -0.456 e. The van der Waals surface area contributed by atoms with Gasteiger partial charge in [0.1, 0.15) is 11.5 Å². The Balaban J connectivity index is 2.34. The van der Waals surface area contributed by atoms with Gasteiger partial charge in [0.15, 0.2) is 0 Å². The zero-order chi connectivity index (χ0) is 14.7. The highest BCUT2D eigenvalue weighted by atomic mass is 79.9. The molecule has 0 bridgehead atoms. The van der Waals surface area contributed by atoms with Crippen molar-refractivity contribution in [2.75, 3.05) is 0 Å². The van der Waals surface area contributed by atoms with Crippen LogP contribution in [0.5, 0.6) is 11.5 Å². The van der Waals surface area contributed by atoms with Crippen molar-refractivity contribution >= 4 is 33.2 Å². The summed E-state index contributed by atoms with van der Waals surface area (Å²) in [6.07, 6.45) is 0. The van der Waals surface area contributed by atoms with Crippen molar-refractivity contribution in [1.29, 1.82) is 0 Å². The molecular weight excluding hydrogens is 346 g/mol. The molecular formula is C14H11BrClNO3. The SMILES string of the molecule is Cc1ccc(Cl)c(Oc2ccc([N+](=O)[O-])c(CBr)c2)c1. The van der Waals surface area contributed by atoms with Crippen LogP contribution in [0.15, 0.2) is 36.4 Å². The monoisotopic (exact) mass is 355 g/mol. The second kappa shape index (κ2) is 6.24. The van der Waals surface area contributed by atoms with Gasteiger partial charge in [-0.3, -0.25) is 10.1 Å². The number of halogens is 2. The van der Waals surface area contributed by atoms with Crippen LogP contribution >= 0.6 is 27.5 Å². The van der Waals surface area contributed by atoms with E-state index in [1.807, 2.05) is 19.1 Å².